The molecule has 0 radical (unpaired) electrons. The summed E-state index contributed by atoms with van der Waals surface area (Å²) in [6, 6.07) is 7.24. The number of carbonyl (C=O) groups excluding carboxylic acids is 1. The van der Waals surface area contributed by atoms with Gasteiger partial charge in [-0.3, -0.25) is 9.78 Å². The molecule has 0 aliphatic carbocycles. The zero-order valence-electron chi connectivity index (χ0n) is 25.8. The number of carbonyl (C=O) groups is 1. The van der Waals surface area contributed by atoms with Gasteiger partial charge in [-0.2, -0.15) is 4.98 Å². The number of amides is 1. The van der Waals surface area contributed by atoms with Crippen molar-refractivity contribution in [3.8, 4) is 16.9 Å². The SMILES string of the molecule is C=Cc1cccc(F)c1-c1c(Cl)cc2c(N3[C@@H](C)CN(C(=O)C(=C)F)C[C@@H]3C)nc(=O)n3c2[n+]1C(C)c1nccc(C(C)C)c1-3. The molecule has 0 bridgehead atoms. The van der Waals surface area contributed by atoms with Crippen LogP contribution >= 0.6 is 11.6 Å². The van der Waals surface area contributed by atoms with E-state index in [1.807, 2.05) is 50.2 Å². The lowest BCUT2D eigenvalue weighted by atomic mass is 9.95. The van der Waals surface area contributed by atoms with Gasteiger partial charge in [0.1, 0.15) is 22.9 Å². The zero-order chi connectivity index (χ0) is 32.5. The lowest BCUT2D eigenvalue weighted by Crippen LogP contribution is -2.59. The molecule has 1 amide bonds. The summed E-state index contributed by atoms with van der Waals surface area (Å²) in [7, 11) is 0. The number of aromatic nitrogens is 4. The Morgan fingerprint density at radius 1 is 1.18 bits per heavy atom. The van der Waals surface area contributed by atoms with Crippen LogP contribution in [-0.4, -0.2) is 50.5 Å². The van der Waals surface area contributed by atoms with Crippen LogP contribution in [0.2, 0.25) is 5.02 Å². The van der Waals surface area contributed by atoms with E-state index in [-0.39, 0.29) is 41.7 Å². The van der Waals surface area contributed by atoms with Crippen LogP contribution in [0.3, 0.4) is 0 Å². The van der Waals surface area contributed by atoms with E-state index in [0.29, 0.717) is 39.5 Å². The first-order valence-corrected chi connectivity index (χ1v) is 15.3. The summed E-state index contributed by atoms with van der Waals surface area (Å²) in [6.45, 7) is 17.3. The number of halogens is 3. The summed E-state index contributed by atoms with van der Waals surface area (Å²) >= 11 is 7.12. The maximum absolute atomic E-state index is 15.8. The molecule has 4 aromatic rings. The van der Waals surface area contributed by atoms with E-state index < -0.39 is 29.3 Å². The molecule has 11 heteroatoms. The third kappa shape index (κ3) is 4.65. The lowest BCUT2D eigenvalue weighted by Gasteiger charge is -2.45. The van der Waals surface area contributed by atoms with Gasteiger partial charge in [0.25, 0.3) is 5.91 Å². The average molecular weight is 632 g/mol. The molecule has 2 aliphatic rings. The number of anilines is 1. The van der Waals surface area contributed by atoms with Gasteiger partial charge in [0.05, 0.1) is 10.6 Å². The molecule has 3 aromatic heterocycles. The molecule has 2 aliphatic heterocycles. The number of nitrogens with zero attached hydrogens (tertiary/aromatic N) is 6. The molecule has 1 unspecified atom stereocenters. The molecule has 45 heavy (non-hydrogen) atoms. The number of hydrogen-bond acceptors (Lipinski definition) is 5. The van der Waals surface area contributed by atoms with E-state index >= 15 is 4.39 Å². The molecule has 8 nitrogen and oxygen atoms in total. The largest absolute Gasteiger partial charge is 0.442 e. The standard InChI is InChI=1S/C34H34ClF2N6O2/c1-8-22-10-9-11-26(37)27(22)30-25(35)14-24-31(41-18(4)15-40(16-19(41)5)33(44)20(6)36)39-34(45)43-29-23(17(2)3)12-13-38-28(29)21(7)42(30)32(24)43/h8-14,17-19,21H,1,6,15-16H2,2-5,7H3/q+1/t18-,19-,21?/m0/s1. The zero-order valence-corrected chi connectivity index (χ0v) is 26.6. The van der Waals surface area contributed by atoms with E-state index in [9.17, 15) is 14.0 Å². The number of fused-ring (bicyclic) bond motifs is 2. The summed E-state index contributed by atoms with van der Waals surface area (Å²) in [6.07, 6.45) is 3.29. The quantitative estimate of drug-likeness (QED) is 0.196. The third-order valence-electron chi connectivity index (χ3n) is 8.85. The first-order valence-electron chi connectivity index (χ1n) is 14.9. The molecule has 1 fully saturated rings. The highest BCUT2D eigenvalue weighted by Crippen LogP contribution is 2.41. The molecular weight excluding hydrogens is 598 g/mol. The molecule has 0 spiro atoms. The van der Waals surface area contributed by atoms with Gasteiger partial charge in [-0.1, -0.05) is 56.8 Å². The number of rotatable bonds is 5. The van der Waals surface area contributed by atoms with E-state index in [0.717, 1.165) is 5.56 Å². The second kappa shape index (κ2) is 11.2. The second-order valence-electron chi connectivity index (χ2n) is 12.1. The van der Waals surface area contributed by atoms with E-state index in [4.69, 9.17) is 16.6 Å². The van der Waals surface area contributed by atoms with Gasteiger partial charge in [0, 0.05) is 36.9 Å². The van der Waals surface area contributed by atoms with Crippen LogP contribution in [-0.2, 0) is 4.79 Å². The summed E-state index contributed by atoms with van der Waals surface area (Å²) in [5, 5.41) is 0.825. The number of benzene rings is 1. The van der Waals surface area contributed by atoms with Gasteiger partial charge in [0.2, 0.25) is 0 Å². The summed E-state index contributed by atoms with van der Waals surface area (Å²) in [5.41, 5.74) is 3.35. The van der Waals surface area contributed by atoms with Crippen LogP contribution in [0.5, 0.6) is 0 Å². The Morgan fingerprint density at radius 3 is 2.49 bits per heavy atom. The summed E-state index contributed by atoms with van der Waals surface area (Å²) < 4.78 is 33.0. The van der Waals surface area contributed by atoms with Crippen molar-refractivity contribution >= 4 is 40.4 Å². The minimum atomic E-state index is -1.02. The second-order valence-corrected chi connectivity index (χ2v) is 12.5. The molecule has 3 atom stereocenters. The number of pyridine rings is 2. The first-order chi connectivity index (χ1) is 21.4. The predicted octanol–water partition coefficient (Wildman–Crippen LogP) is 6.13. The topological polar surface area (TPSA) is 75.2 Å². The fraction of sp³-hybridized carbons (Fsp3) is 0.324. The maximum Gasteiger partial charge on any atom is 0.442 e. The summed E-state index contributed by atoms with van der Waals surface area (Å²) in [4.78, 5) is 39.5. The van der Waals surface area contributed by atoms with Crippen LogP contribution in [0, 0.1) is 5.82 Å². The normalized spacial score (nSPS) is 19.2. The minimum Gasteiger partial charge on any atom is -0.347 e. The third-order valence-corrected chi connectivity index (χ3v) is 9.14. The Labute approximate surface area is 264 Å². The fourth-order valence-corrected chi connectivity index (χ4v) is 7.27. The van der Waals surface area contributed by atoms with Crippen LogP contribution < -0.4 is 15.2 Å². The van der Waals surface area contributed by atoms with Gasteiger partial charge in [-0.15, -0.1) is 4.57 Å². The number of hydrogen-bond donors (Lipinski definition) is 0. The van der Waals surface area contributed by atoms with Crippen molar-refractivity contribution in [3.63, 3.8) is 0 Å². The average Bonchev–Trinajstić information content (AvgIpc) is 2.99. The number of piperazine rings is 1. The highest BCUT2D eigenvalue weighted by molar-refractivity contribution is 6.33. The molecule has 6 rings (SSSR count). The van der Waals surface area contributed by atoms with Crippen molar-refractivity contribution in [1.29, 1.82) is 0 Å². The van der Waals surface area contributed by atoms with Gasteiger partial charge in [-0.25, -0.2) is 18.1 Å². The Bertz CT molecular complexity index is 1980. The van der Waals surface area contributed by atoms with Crippen molar-refractivity contribution in [2.24, 2.45) is 0 Å². The molecule has 1 aromatic carbocycles. The Balaban J connectivity index is 1.73. The van der Waals surface area contributed by atoms with Gasteiger partial charge in [0.15, 0.2) is 23.0 Å². The van der Waals surface area contributed by atoms with Crippen molar-refractivity contribution in [2.75, 3.05) is 18.0 Å². The van der Waals surface area contributed by atoms with E-state index in [1.165, 1.54) is 11.0 Å². The molecular formula is C34H34ClF2N6O2+. The maximum atomic E-state index is 15.8. The lowest BCUT2D eigenvalue weighted by molar-refractivity contribution is -0.679. The Morgan fingerprint density at radius 2 is 1.87 bits per heavy atom. The van der Waals surface area contributed by atoms with Crippen LogP contribution in [0.25, 0.3) is 34.1 Å². The molecule has 5 heterocycles. The van der Waals surface area contributed by atoms with E-state index in [1.54, 1.807) is 35.0 Å². The predicted molar refractivity (Wildman–Crippen MR) is 172 cm³/mol. The van der Waals surface area contributed by atoms with Crippen molar-refractivity contribution < 1.29 is 18.1 Å². The van der Waals surface area contributed by atoms with Gasteiger partial charge in [-0.05, 0) is 50.5 Å². The first kappa shape index (κ1) is 30.6. The molecule has 232 valence electrons. The van der Waals surface area contributed by atoms with E-state index in [2.05, 4.69) is 18.1 Å². The van der Waals surface area contributed by atoms with Crippen LogP contribution in [0.1, 0.15) is 63.4 Å². The van der Waals surface area contributed by atoms with Crippen molar-refractivity contribution in [1.82, 2.24) is 19.4 Å². The van der Waals surface area contributed by atoms with Crippen molar-refractivity contribution in [2.45, 2.75) is 58.7 Å². The van der Waals surface area contributed by atoms with Gasteiger partial charge >= 0.3 is 11.3 Å². The molecule has 0 saturated carbocycles. The Kier molecular flexibility index (Phi) is 7.59. The van der Waals surface area contributed by atoms with Crippen LogP contribution in [0.4, 0.5) is 14.6 Å². The molecule has 0 N–H and O–H groups in total. The van der Waals surface area contributed by atoms with Crippen LogP contribution in [0.15, 0.2) is 60.3 Å². The minimum absolute atomic E-state index is 0.0590. The highest BCUT2D eigenvalue weighted by Gasteiger charge is 2.43. The highest BCUT2D eigenvalue weighted by atomic mass is 35.5. The smallest absolute Gasteiger partial charge is 0.347 e. The fourth-order valence-electron chi connectivity index (χ4n) is 6.97. The molecule has 1 saturated heterocycles. The van der Waals surface area contributed by atoms with Crippen molar-refractivity contribution in [3.05, 3.63) is 93.7 Å². The summed E-state index contributed by atoms with van der Waals surface area (Å²) in [5.74, 6) is -1.83. The Hall–Kier alpha value is -4.44. The van der Waals surface area contributed by atoms with Gasteiger partial charge < -0.3 is 9.80 Å². The monoisotopic (exact) mass is 631 g/mol.